The Morgan fingerprint density at radius 1 is 0.468 bits per heavy atom. The van der Waals surface area contributed by atoms with E-state index < -0.39 is 11.6 Å². The summed E-state index contributed by atoms with van der Waals surface area (Å²) in [5, 5.41) is 24.0. The minimum Gasteiger partial charge on any atom is -0.462 e. The van der Waals surface area contributed by atoms with Crippen LogP contribution in [-0.4, -0.2) is 306 Å². The van der Waals surface area contributed by atoms with Crippen molar-refractivity contribution in [1.82, 2.24) is 105 Å². The predicted octanol–water partition coefficient (Wildman–Crippen LogP) is 11.7. The molecule has 9 aromatic heterocycles. The zero-order chi connectivity index (χ0) is 86.9. The number of hydrogen-bond donors (Lipinski definition) is 3. The first-order valence-electron chi connectivity index (χ1n) is 39.4. The van der Waals surface area contributed by atoms with Gasteiger partial charge in [0.05, 0.1) is 72.5 Å². The van der Waals surface area contributed by atoms with Gasteiger partial charge in [0.2, 0.25) is 35.4 Å². The molecular formula is C81H82Cl6F2N24O11. The number of likely N-dealkylation sites (tertiary alicyclic amines) is 3. The molecule has 0 unspecified atom stereocenters. The molecule has 18 rings (SSSR count). The fourth-order valence-electron chi connectivity index (χ4n) is 15.7. The number of pyridine rings is 3. The number of rotatable bonds is 21. The molecule has 0 spiro atoms. The average molecular weight is 1820 g/mol. The van der Waals surface area contributed by atoms with Crippen LogP contribution in [0.25, 0.3) is 65.4 Å². The Labute approximate surface area is 736 Å². The first kappa shape index (κ1) is 86.3. The Morgan fingerprint density at radius 2 is 0.855 bits per heavy atom. The number of H-pyrrole nitrogens is 3. The van der Waals surface area contributed by atoms with Crippen molar-refractivity contribution < 1.29 is 61.1 Å². The number of methoxy groups -OCH3 is 2. The van der Waals surface area contributed by atoms with Gasteiger partial charge in [-0.05, 0) is 83.0 Å². The molecule has 3 amide bonds. The SMILES string of the molecule is C=CC(=O)N1CCN(c2nc(OC[C@@H]3CCCN3C)nc3c(Oc4c(Cl)c(F)cc5[nH]ncc45)nc(Cl)cc23)CC1.C=CC(=O)N1CCN(c2nc(O[C@@H]3CN(C)C[C@H]3OC)nc3c(Oc4c(Cl)c(Cl)cc5[nH]ncc45)nccc23)CC1.C=CC(=O)N1CCN(c2nc(O[C@@H]3CN(C)C[C@H]3OC)nc3c(Oc4c(Cl)c(F)cc5[nH]ncc45)nc(Cl)cc23)CC1. The number of carbonyl (C=O) groups is 3. The molecule has 3 aromatic carbocycles. The third-order valence-electron chi connectivity index (χ3n) is 22.3. The second kappa shape index (κ2) is 37.3. The average Bonchev–Trinajstić information content (AvgIpc) is 0.979. The van der Waals surface area contributed by atoms with Crippen LogP contribution in [-0.2, 0) is 23.9 Å². The summed E-state index contributed by atoms with van der Waals surface area (Å²) in [6, 6.07) is 9.90. The number of piperazine rings is 3. The lowest BCUT2D eigenvalue weighted by molar-refractivity contribution is -0.127. The van der Waals surface area contributed by atoms with Crippen molar-refractivity contribution >= 4 is 170 Å². The standard InChI is InChI=1S/C27H27Cl2FN8O4.C27H27Cl2FN8O3.C27H28Cl2N8O4/c1-4-21(39)37-5-7-38(8-6-37)25-14-9-20(28)32-26(42-24-15-11-31-35-17(15)10-16(30)22(24)29)23(14)33-27(34-25)41-19-13-36(2)12-18(19)40-3;1-3-21(39)37-7-9-38(10-8-37)25-16-11-20(28)32-26(41-24-17-13-31-35-19(17)12-18(30)22(24)29)23(16)33-27(34-25)40-14-15-5-4-6-36(15)2;1-4-21(38)36-7-9-37(10-8-36)25-15-5-6-30-26(41-24-16-12-31-34-18(16)11-17(28)22(24)29)23(15)32-27(33-25)40-20-14-35(2)13-19(20)39-3/h4,9-11,18-19H,1,5-8,12-13H2,2-3H3,(H,31,35);3,11-13,15H,1,4-10,14H2,2H3,(H,31,35);4-6,11-12,19-20H,1,7-10,13-14H2,2-3H3,(H,31,34)/t18-,19-;15-;19-,20-/m101/s1. The Balaban J connectivity index is 0.000000137. The number of fused-ring (bicyclic) bond motifs is 6. The van der Waals surface area contributed by atoms with Gasteiger partial charge in [0, 0.05) is 143 Å². The Morgan fingerprint density at radius 3 is 1.27 bits per heavy atom. The number of likely N-dealkylation sites (N-methyl/N-ethyl adjacent to an activating group) is 3. The van der Waals surface area contributed by atoms with Crippen LogP contribution in [0.5, 0.6) is 52.9 Å². The normalized spacial score (nSPS) is 19.1. The summed E-state index contributed by atoms with van der Waals surface area (Å²) in [5.41, 5.74) is 2.49. The summed E-state index contributed by atoms with van der Waals surface area (Å²) >= 11 is 38.6. The predicted molar refractivity (Wildman–Crippen MR) is 464 cm³/mol. The maximum absolute atomic E-state index is 14.7. The van der Waals surface area contributed by atoms with E-state index in [1.165, 1.54) is 42.8 Å². The van der Waals surface area contributed by atoms with E-state index in [1.807, 2.05) is 30.0 Å². The van der Waals surface area contributed by atoms with Crippen LogP contribution in [0.4, 0.5) is 26.2 Å². The quantitative estimate of drug-likeness (QED) is 0.0444. The van der Waals surface area contributed by atoms with E-state index in [2.05, 4.69) is 102 Å². The number of anilines is 3. The van der Waals surface area contributed by atoms with E-state index in [0.29, 0.717) is 193 Å². The smallest absolute Gasteiger partial charge is 0.319 e. The van der Waals surface area contributed by atoms with E-state index in [1.54, 1.807) is 59.5 Å². The van der Waals surface area contributed by atoms with Gasteiger partial charge >= 0.3 is 18.0 Å². The first-order valence-corrected chi connectivity index (χ1v) is 41.7. The van der Waals surface area contributed by atoms with E-state index in [9.17, 15) is 23.2 Å². The van der Waals surface area contributed by atoms with Crippen molar-refractivity contribution in [3.63, 3.8) is 0 Å². The van der Waals surface area contributed by atoms with Gasteiger partial charge in [0.25, 0.3) is 0 Å². The number of amides is 3. The van der Waals surface area contributed by atoms with Crippen LogP contribution in [0.3, 0.4) is 0 Å². The van der Waals surface area contributed by atoms with E-state index in [4.69, 9.17) is 127 Å². The second-order valence-electron chi connectivity index (χ2n) is 30.0. The Kier molecular flexibility index (Phi) is 26.0. The molecule has 6 aliphatic heterocycles. The molecule has 648 valence electrons. The molecule has 0 bridgehead atoms. The zero-order valence-electron chi connectivity index (χ0n) is 67.6. The third kappa shape index (κ3) is 18.1. The molecule has 5 atom stereocenters. The number of ether oxygens (including phenoxy) is 8. The largest absolute Gasteiger partial charge is 0.462 e. The van der Waals surface area contributed by atoms with E-state index in [0.717, 1.165) is 25.9 Å². The monoisotopic (exact) mass is 1810 g/mol. The molecule has 0 aliphatic carbocycles. The van der Waals surface area contributed by atoms with Gasteiger partial charge in [-0.25, -0.2) is 13.8 Å². The molecule has 6 fully saturated rings. The van der Waals surface area contributed by atoms with Crippen LogP contribution in [0.2, 0.25) is 30.4 Å². The summed E-state index contributed by atoms with van der Waals surface area (Å²) in [6.45, 7) is 20.9. The number of carbonyl (C=O) groups excluding carboxylic acids is 3. The van der Waals surface area contributed by atoms with Crippen LogP contribution in [0.1, 0.15) is 12.8 Å². The summed E-state index contributed by atoms with van der Waals surface area (Å²) in [6.07, 6.45) is 11.3. The highest BCUT2D eigenvalue weighted by Gasteiger charge is 2.38. The van der Waals surface area contributed by atoms with Crippen molar-refractivity contribution in [3.05, 3.63) is 141 Å². The van der Waals surface area contributed by atoms with Crippen LogP contribution in [0, 0.1) is 11.6 Å². The van der Waals surface area contributed by atoms with Gasteiger partial charge in [-0.1, -0.05) is 89.3 Å². The zero-order valence-corrected chi connectivity index (χ0v) is 72.1. The number of aromatic amines is 3. The topological polar surface area (TPSA) is 356 Å². The molecule has 15 heterocycles. The molecule has 12 aromatic rings. The van der Waals surface area contributed by atoms with Crippen LogP contribution in [0.15, 0.2) is 99.2 Å². The van der Waals surface area contributed by atoms with Gasteiger partial charge in [0.1, 0.15) is 102 Å². The second-order valence-corrected chi connectivity index (χ2v) is 32.4. The van der Waals surface area contributed by atoms with Gasteiger partial charge in [-0.3, -0.25) is 39.5 Å². The number of hydrogen-bond acceptors (Lipinski definition) is 29. The van der Waals surface area contributed by atoms with Crippen molar-refractivity contribution in [1.29, 1.82) is 0 Å². The van der Waals surface area contributed by atoms with Crippen LogP contribution < -0.4 is 43.1 Å². The number of nitrogens with zero attached hydrogens (tertiary/aromatic N) is 21. The number of nitrogens with one attached hydrogen (secondary N) is 3. The molecule has 0 radical (unpaired) electrons. The Bertz CT molecular complexity index is 6100. The van der Waals surface area contributed by atoms with E-state index in [-0.39, 0.29) is 126 Å². The minimum absolute atomic E-state index is 0.00697. The molecule has 6 saturated heterocycles. The van der Waals surface area contributed by atoms with E-state index >= 15 is 0 Å². The minimum atomic E-state index is -0.697. The third-order valence-corrected chi connectivity index (χ3v) is 24.1. The lowest BCUT2D eigenvalue weighted by Gasteiger charge is -2.35. The number of benzene rings is 3. The first-order chi connectivity index (χ1) is 59.9. The lowest BCUT2D eigenvalue weighted by Crippen LogP contribution is -2.48. The van der Waals surface area contributed by atoms with Gasteiger partial charge < -0.3 is 72.2 Å². The molecule has 3 N–H and O–H groups in total. The van der Waals surface area contributed by atoms with Crippen molar-refractivity contribution in [2.24, 2.45) is 0 Å². The number of halogens is 8. The molecule has 35 nitrogen and oxygen atoms in total. The fourth-order valence-corrected chi connectivity index (χ4v) is 16.9. The summed E-state index contributed by atoms with van der Waals surface area (Å²) in [5.74, 6) is 0.522. The lowest BCUT2D eigenvalue weighted by atomic mass is 10.2. The maximum atomic E-state index is 14.7. The Hall–Kier alpha value is -11.2. The maximum Gasteiger partial charge on any atom is 0.319 e. The molecule has 43 heteroatoms. The highest BCUT2D eigenvalue weighted by Crippen LogP contribution is 2.47. The highest BCUT2D eigenvalue weighted by atomic mass is 35.5. The fraction of sp³-hybridized carbons (Fsp3) is 0.370. The summed E-state index contributed by atoms with van der Waals surface area (Å²) in [7, 11) is 9.34. The summed E-state index contributed by atoms with van der Waals surface area (Å²) < 4.78 is 78.0. The molecular weight excluding hydrogens is 1740 g/mol. The van der Waals surface area contributed by atoms with Gasteiger partial charge in [-0.2, -0.15) is 55.2 Å². The molecule has 0 saturated carbocycles. The van der Waals surface area contributed by atoms with Crippen molar-refractivity contribution in [2.75, 3.05) is 168 Å². The van der Waals surface area contributed by atoms with Crippen LogP contribution >= 0.6 is 69.6 Å². The molecule has 6 aliphatic rings. The van der Waals surface area contributed by atoms with Gasteiger partial charge in [0.15, 0.2) is 17.2 Å². The van der Waals surface area contributed by atoms with Gasteiger partial charge in [-0.15, -0.1) is 0 Å². The molecule has 124 heavy (non-hydrogen) atoms. The van der Waals surface area contributed by atoms with Crippen molar-refractivity contribution in [2.45, 2.75) is 43.3 Å². The highest BCUT2D eigenvalue weighted by molar-refractivity contribution is 6.44. The number of aromatic nitrogens is 15. The van der Waals surface area contributed by atoms with Crippen molar-refractivity contribution in [3.8, 4) is 52.9 Å². The summed E-state index contributed by atoms with van der Waals surface area (Å²) in [4.78, 5) is 96.1.